The highest BCUT2D eigenvalue weighted by molar-refractivity contribution is 5.69. The monoisotopic (exact) mass is 435 g/mol. The first-order chi connectivity index (χ1) is 15.7. The Morgan fingerprint density at radius 2 is 1.66 bits per heavy atom. The van der Waals surface area contributed by atoms with Crippen LogP contribution in [0.4, 0.5) is 4.79 Å². The number of aliphatic hydroxyl groups is 1. The molecule has 1 amide bonds. The van der Waals surface area contributed by atoms with Gasteiger partial charge in [0.2, 0.25) is 0 Å². The fourth-order valence-electron chi connectivity index (χ4n) is 4.39. The number of carbonyl (C=O) groups excluding carboxylic acids is 1. The Labute approximate surface area is 192 Å². The molecule has 3 atom stereocenters. The van der Waals surface area contributed by atoms with Crippen molar-refractivity contribution in [3.8, 4) is 0 Å². The van der Waals surface area contributed by atoms with E-state index in [4.69, 9.17) is 4.74 Å². The van der Waals surface area contributed by atoms with E-state index in [1.807, 2.05) is 60.7 Å². The average Bonchev–Trinajstić information content (AvgIpc) is 3.13. The Morgan fingerprint density at radius 1 is 1.00 bits per heavy atom. The molecule has 0 radical (unpaired) electrons. The summed E-state index contributed by atoms with van der Waals surface area (Å²) in [5, 5.41) is 10.8. The molecule has 0 unspecified atom stereocenters. The molecule has 4 nitrogen and oxygen atoms in total. The smallest absolute Gasteiger partial charge is 0.410 e. The Morgan fingerprint density at radius 3 is 2.34 bits per heavy atom. The largest absolute Gasteiger partial charge is 0.445 e. The molecule has 1 aliphatic heterocycles. The van der Waals surface area contributed by atoms with Crippen LogP contribution in [0.3, 0.4) is 0 Å². The summed E-state index contributed by atoms with van der Waals surface area (Å²) in [6.45, 7) is 2.46. The number of benzene rings is 2. The number of likely N-dealkylation sites (tertiary alicyclic amines) is 1. The summed E-state index contributed by atoms with van der Waals surface area (Å²) in [4.78, 5) is 14.9. The molecule has 172 valence electrons. The van der Waals surface area contributed by atoms with Crippen LogP contribution in [-0.4, -0.2) is 34.3 Å². The maximum Gasteiger partial charge on any atom is 0.410 e. The number of rotatable bonds is 11. The van der Waals surface area contributed by atoms with Gasteiger partial charge in [-0.2, -0.15) is 0 Å². The molecule has 1 saturated heterocycles. The topological polar surface area (TPSA) is 49.8 Å². The molecule has 1 aliphatic rings. The van der Waals surface area contributed by atoms with Gasteiger partial charge in [-0.3, -0.25) is 4.90 Å². The minimum atomic E-state index is -0.571. The molecule has 3 rings (SSSR count). The minimum Gasteiger partial charge on any atom is -0.445 e. The van der Waals surface area contributed by atoms with Gasteiger partial charge in [0.05, 0.1) is 18.2 Å². The van der Waals surface area contributed by atoms with Gasteiger partial charge in [-0.05, 0) is 36.8 Å². The zero-order valence-corrected chi connectivity index (χ0v) is 19.2. The van der Waals surface area contributed by atoms with Crippen molar-refractivity contribution in [3.63, 3.8) is 0 Å². The van der Waals surface area contributed by atoms with Crippen molar-refractivity contribution in [1.82, 2.24) is 4.90 Å². The van der Waals surface area contributed by atoms with Crippen molar-refractivity contribution in [2.45, 2.75) is 83.1 Å². The molecule has 0 spiro atoms. The minimum absolute atomic E-state index is 0.141. The van der Waals surface area contributed by atoms with E-state index in [9.17, 15) is 9.90 Å². The Bertz CT molecular complexity index is 821. The number of amides is 1. The molecule has 32 heavy (non-hydrogen) atoms. The third-order valence-corrected chi connectivity index (χ3v) is 6.18. The third kappa shape index (κ3) is 7.23. The van der Waals surface area contributed by atoms with Crippen LogP contribution >= 0.6 is 0 Å². The summed E-state index contributed by atoms with van der Waals surface area (Å²) in [6, 6.07) is 19.3. The number of allylic oxidation sites excluding steroid dienone is 1. The summed E-state index contributed by atoms with van der Waals surface area (Å²) >= 11 is 0. The third-order valence-electron chi connectivity index (χ3n) is 6.18. The molecule has 0 aromatic heterocycles. The van der Waals surface area contributed by atoms with Gasteiger partial charge in [-0.1, -0.05) is 105 Å². The summed E-state index contributed by atoms with van der Waals surface area (Å²) in [7, 11) is 0. The quantitative estimate of drug-likeness (QED) is 0.333. The van der Waals surface area contributed by atoms with E-state index in [0.29, 0.717) is 12.8 Å². The second-order valence-electron chi connectivity index (χ2n) is 8.71. The van der Waals surface area contributed by atoms with Gasteiger partial charge >= 0.3 is 6.09 Å². The van der Waals surface area contributed by atoms with Gasteiger partial charge in [-0.15, -0.1) is 0 Å². The van der Waals surface area contributed by atoms with E-state index in [1.165, 1.54) is 25.7 Å². The second-order valence-corrected chi connectivity index (χ2v) is 8.71. The van der Waals surface area contributed by atoms with Crippen molar-refractivity contribution in [1.29, 1.82) is 0 Å². The first-order valence-corrected chi connectivity index (χ1v) is 12.1. The van der Waals surface area contributed by atoms with Crippen LogP contribution in [-0.2, 0) is 17.8 Å². The van der Waals surface area contributed by atoms with Crippen LogP contribution in [0.25, 0.3) is 0 Å². The highest BCUT2D eigenvalue weighted by atomic mass is 16.6. The Hall–Kier alpha value is -2.59. The second kappa shape index (κ2) is 13.1. The fraction of sp³-hybridized carbons (Fsp3) is 0.464. The normalized spacial score (nSPS) is 20.7. The first kappa shape index (κ1) is 24.1. The summed E-state index contributed by atoms with van der Waals surface area (Å²) in [5.74, 6) is 0. The van der Waals surface area contributed by atoms with Gasteiger partial charge in [0, 0.05) is 0 Å². The van der Waals surface area contributed by atoms with Crippen molar-refractivity contribution >= 4 is 6.09 Å². The molecule has 2 aromatic carbocycles. The molecular weight excluding hydrogens is 398 g/mol. The van der Waals surface area contributed by atoms with Crippen LogP contribution < -0.4 is 0 Å². The maximum absolute atomic E-state index is 13.1. The molecule has 0 bridgehead atoms. The molecule has 1 heterocycles. The Kier molecular flexibility index (Phi) is 9.83. The standard InChI is InChI=1S/C28H37NO3/c1-2-3-4-5-6-7-14-19-25-21-27(30)26(20-23-15-10-8-11-16-23)29(25)28(31)32-22-24-17-12-9-13-18-24/h8-19,25-27,30H,2-7,20-22H2,1H3/b19-14-/t25-,26+,27+/m1/s1. The van der Waals surface area contributed by atoms with Crippen LogP contribution in [0.1, 0.15) is 63.0 Å². The molecule has 2 aromatic rings. The van der Waals surface area contributed by atoms with E-state index >= 15 is 0 Å². The number of ether oxygens (including phenoxy) is 1. The summed E-state index contributed by atoms with van der Waals surface area (Å²) < 4.78 is 5.67. The number of unbranched alkanes of at least 4 members (excludes halogenated alkanes) is 5. The highest BCUT2D eigenvalue weighted by Crippen LogP contribution is 2.29. The molecule has 0 saturated carbocycles. The Balaban J connectivity index is 1.65. The summed E-state index contributed by atoms with van der Waals surface area (Å²) in [6.07, 6.45) is 11.7. The zero-order chi connectivity index (χ0) is 22.6. The maximum atomic E-state index is 13.1. The fourth-order valence-corrected chi connectivity index (χ4v) is 4.39. The predicted octanol–water partition coefficient (Wildman–Crippen LogP) is 6.29. The lowest BCUT2D eigenvalue weighted by Gasteiger charge is -2.29. The molecule has 1 fully saturated rings. The van der Waals surface area contributed by atoms with Crippen molar-refractivity contribution in [2.24, 2.45) is 0 Å². The first-order valence-electron chi connectivity index (χ1n) is 12.1. The van der Waals surface area contributed by atoms with Gasteiger partial charge in [0.1, 0.15) is 6.61 Å². The van der Waals surface area contributed by atoms with Crippen LogP contribution in [0.5, 0.6) is 0 Å². The lowest BCUT2D eigenvalue weighted by molar-refractivity contribution is 0.0667. The van der Waals surface area contributed by atoms with Crippen molar-refractivity contribution in [2.75, 3.05) is 0 Å². The van der Waals surface area contributed by atoms with Gasteiger partial charge < -0.3 is 9.84 Å². The van der Waals surface area contributed by atoms with Gasteiger partial charge in [0.15, 0.2) is 0 Å². The van der Waals surface area contributed by atoms with E-state index < -0.39 is 6.10 Å². The van der Waals surface area contributed by atoms with Crippen molar-refractivity contribution in [3.05, 3.63) is 83.9 Å². The number of nitrogens with zero attached hydrogens (tertiary/aromatic N) is 1. The number of carbonyl (C=O) groups is 1. The van der Waals surface area contributed by atoms with E-state index in [0.717, 1.165) is 24.0 Å². The van der Waals surface area contributed by atoms with Crippen molar-refractivity contribution < 1.29 is 14.6 Å². The zero-order valence-electron chi connectivity index (χ0n) is 19.2. The summed E-state index contributed by atoms with van der Waals surface area (Å²) in [5.41, 5.74) is 2.07. The molecular formula is C28H37NO3. The van der Waals surface area contributed by atoms with E-state index in [-0.39, 0.29) is 24.8 Å². The number of aliphatic hydroxyl groups excluding tert-OH is 1. The number of hydrogen-bond acceptors (Lipinski definition) is 3. The van der Waals surface area contributed by atoms with Gasteiger partial charge in [0.25, 0.3) is 0 Å². The lowest BCUT2D eigenvalue weighted by atomic mass is 10.0. The highest BCUT2D eigenvalue weighted by Gasteiger charge is 2.42. The van der Waals surface area contributed by atoms with Crippen LogP contribution in [0, 0.1) is 0 Å². The average molecular weight is 436 g/mol. The van der Waals surface area contributed by atoms with Gasteiger partial charge in [-0.25, -0.2) is 4.79 Å². The number of hydrogen-bond donors (Lipinski definition) is 1. The van der Waals surface area contributed by atoms with E-state index in [1.54, 1.807) is 4.90 Å². The predicted molar refractivity (Wildman–Crippen MR) is 129 cm³/mol. The van der Waals surface area contributed by atoms with Crippen LogP contribution in [0.15, 0.2) is 72.8 Å². The SMILES string of the molecule is CCCCCCC/C=C\[C@@H]1C[C@H](O)[C@H](Cc2ccccc2)N1C(=O)OCc1ccccc1. The lowest BCUT2D eigenvalue weighted by Crippen LogP contribution is -2.44. The van der Waals surface area contributed by atoms with Crippen LogP contribution in [0.2, 0.25) is 0 Å². The van der Waals surface area contributed by atoms with E-state index in [2.05, 4.69) is 19.1 Å². The molecule has 1 N–H and O–H groups in total. The molecule has 4 heteroatoms. The molecule has 0 aliphatic carbocycles.